The highest BCUT2D eigenvalue weighted by molar-refractivity contribution is 5.25. The molecule has 2 nitrogen and oxygen atoms in total. The summed E-state index contributed by atoms with van der Waals surface area (Å²) < 4.78 is 0. The van der Waals surface area contributed by atoms with E-state index < -0.39 is 0 Å². The van der Waals surface area contributed by atoms with E-state index in [4.69, 9.17) is 5.73 Å². The molecule has 112 valence electrons. The van der Waals surface area contributed by atoms with E-state index in [9.17, 15) is 0 Å². The first kappa shape index (κ1) is 15.5. The lowest BCUT2D eigenvalue weighted by atomic mass is 9.92. The van der Waals surface area contributed by atoms with E-state index in [-0.39, 0.29) is 0 Å². The predicted molar refractivity (Wildman–Crippen MR) is 86.7 cm³/mol. The number of nitrogens with two attached hydrogens (primary N) is 1. The SMILES string of the molecule is CC(C)Cc1ccc(C(C)N2CCC(C)C(N)C2)cc1. The lowest BCUT2D eigenvalue weighted by Crippen LogP contribution is -2.48. The van der Waals surface area contributed by atoms with Crippen LogP contribution in [-0.2, 0) is 6.42 Å². The molecule has 0 spiro atoms. The monoisotopic (exact) mass is 274 g/mol. The number of nitrogens with zero attached hydrogens (tertiary/aromatic N) is 1. The molecule has 0 radical (unpaired) electrons. The van der Waals surface area contributed by atoms with Gasteiger partial charge in [-0.15, -0.1) is 0 Å². The second-order valence-corrected chi connectivity index (χ2v) is 6.94. The first-order valence-electron chi connectivity index (χ1n) is 8.06. The smallest absolute Gasteiger partial charge is 0.0320 e. The van der Waals surface area contributed by atoms with E-state index in [1.165, 1.54) is 30.5 Å². The number of likely N-dealkylation sites (tertiary alicyclic amines) is 1. The summed E-state index contributed by atoms with van der Waals surface area (Å²) in [6.07, 6.45) is 2.39. The van der Waals surface area contributed by atoms with Gasteiger partial charge >= 0.3 is 0 Å². The Morgan fingerprint density at radius 3 is 2.40 bits per heavy atom. The molecule has 0 amide bonds. The molecule has 20 heavy (non-hydrogen) atoms. The van der Waals surface area contributed by atoms with Gasteiger partial charge in [0.1, 0.15) is 0 Å². The van der Waals surface area contributed by atoms with E-state index >= 15 is 0 Å². The van der Waals surface area contributed by atoms with Gasteiger partial charge in [-0.3, -0.25) is 4.90 Å². The van der Waals surface area contributed by atoms with Crippen LogP contribution in [-0.4, -0.2) is 24.0 Å². The van der Waals surface area contributed by atoms with E-state index in [0.29, 0.717) is 18.0 Å². The van der Waals surface area contributed by atoms with Crippen molar-refractivity contribution in [3.05, 3.63) is 35.4 Å². The van der Waals surface area contributed by atoms with Crippen molar-refractivity contribution in [2.45, 2.75) is 52.6 Å². The lowest BCUT2D eigenvalue weighted by molar-refractivity contribution is 0.128. The van der Waals surface area contributed by atoms with Crippen molar-refractivity contribution < 1.29 is 0 Å². The fourth-order valence-electron chi connectivity index (χ4n) is 3.09. The standard InChI is InChI=1S/C18H30N2/c1-13(2)11-16-5-7-17(8-6-16)15(4)20-10-9-14(3)18(19)12-20/h5-8,13-15,18H,9-12,19H2,1-4H3. The van der Waals surface area contributed by atoms with E-state index in [1.807, 2.05) is 0 Å². The van der Waals surface area contributed by atoms with Gasteiger partial charge in [0.25, 0.3) is 0 Å². The molecule has 1 heterocycles. The zero-order valence-electron chi connectivity index (χ0n) is 13.5. The summed E-state index contributed by atoms with van der Waals surface area (Å²) in [6.45, 7) is 11.3. The maximum absolute atomic E-state index is 6.22. The Kier molecular flexibility index (Phi) is 5.22. The molecule has 2 heteroatoms. The van der Waals surface area contributed by atoms with Crippen LogP contribution in [0, 0.1) is 11.8 Å². The minimum atomic E-state index is 0.325. The van der Waals surface area contributed by atoms with Gasteiger partial charge in [-0.05, 0) is 49.3 Å². The fraction of sp³-hybridized carbons (Fsp3) is 0.667. The molecule has 0 aromatic heterocycles. The van der Waals surface area contributed by atoms with Crippen LogP contribution in [0.3, 0.4) is 0 Å². The molecule has 2 N–H and O–H groups in total. The molecule has 1 aliphatic rings. The molecule has 0 saturated carbocycles. The Labute approximate surface area is 124 Å². The minimum Gasteiger partial charge on any atom is -0.326 e. The number of benzene rings is 1. The largest absolute Gasteiger partial charge is 0.326 e. The molecule has 1 fully saturated rings. The fourth-order valence-corrected chi connectivity index (χ4v) is 3.09. The van der Waals surface area contributed by atoms with Crippen molar-refractivity contribution in [2.75, 3.05) is 13.1 Å². The summed E-state index contributed by atoms with van der Waals surface area (Å²) in [6, 6.07) is 9.97. The second kappa shape index (κ2) is 6.73. The highest BCUT2D eigenvalue weighted by Gasteiger charge is 2.26. The number of hydrogen-bond acceptors (Lipinski definition) is 2. The lowest BCUT2D eigenvalue weighted by Gasteiger charge is -2.38. The van der Waals surface area contributed by atoms with Crippen molar-refractivity contribution in [1.29, 1.82) is 0 Å². The molecule has 0 aliphatic carbocycles. The number of piperidine rings is 1. The highest BCUT2D eigenvalue weighted by atomic mass is 15.2. The van der Waals surface area contributed by atoms with Gasteiger partial charge in [0.2, 0.25) is 0 Å². The summed E-state index contributed by atoms with van der Waals surface area (Å²) in [5.41, 5.74) is 9.08. The van der Waals surface area contributed by atoms with Gasteiger partial charge < -0.3 is 5.73 Å². The molecule has 1 aromatic rings. The third-order valence-corrected chi connectivity index (χ3v) is 4.70. The molecule has 0 bridgehead atoms. The Hall–Kier alpha value is -0.860. The van der Waals surface area contributed by atoms with Gasteiger partial charge in [-0.1, -0.05) is 45.0 Å². The average molecular weight is 274 g/mol. The van der Waals surface area contributed by atoms with Crippen LogP contribution in [0.2, 0.25) is 0 Å². The minimum absolute atomic E-state index is 0.325. The maximum Gasteiger partial charge on any atom is 0.0320 e. The summed E-state index contributed by atoms with van der Waals surface area (Å²) in [5.74, 6) is 1.38. The molecular weight excluding hydrogens is 244 g/mol. The Morgan fingerprint density at radius 2 is 1.85 bits per heavy atom. The van der Waals surface area contributed by atoms with Gasteiger partial charge in [-0.25, -0.2) is 0 Å². The second-order valence-electron chi connectivity index (χ2n) is 6.94. The van der Waals surface area contributed by atoms with Crippen molar-refractivity contribution in [3.8, 4) is 0 Å². The topological polar surface area (TPSA) is 29.3 Å². The average Bonchev–Trinajstić information content (AvgIpc) is 2.41. The van der Waals surface area contributed by atoms with Crippen molar-refractivity contribution in [3.63, 3.8) is 0 Å². The molecular formula is C18H30N2. The van der Waals surface area contributed by atoms with Crippen LogP contribution in [0.4, 0.5) is 0 Å². The van der Waals surface area contributed by atoms with Crippen LogP contribution < -0.4 is 5.73 Å². The Balaban J connectivity index is 2.00. The van der Waals surface area contributed by atoms with E-state index in [0.717, 1.165) is 12.5 Å². The molecule has 1 aliphatic heterocycles. The third kappa shape index (κ3) is 3.83. The van der Waals surface area contributed by atoms with Crippen LogP contribution in [0.1, 0.15) is 51.3 Å². The quantitative estimate of drug-likeness (QED) is 0.908. The zero-order chi connectivity index (χ0) is 14.7. The summed E-state index contributed by atoms with van der Waals surface area (Å²) in [4.78, 5) is 2.53. The van der Waals surface area contributed by atoms with Crippen molar-refractivity contribution >= 4 is 0 Å². The molecule has 2 rings (SSSR count). The van der Waals surface area contributed by atoms with Gasteiger partial charge in [0.05, 0.1) is 0 Å². The molecule has 3 atom stereocenters. The van der Waals surface area contributed by atoms with Crippen LogP contribution in [0.15, 0.2) is 24.3 Å². The molecule has 1 aromatic carbocycles. The summed E-state index contributed by atoms with van der Waals surface area (Å²) >= 11 is 0. The normalized spacial score (nSPS) is 25.9. The van der Waals surface area contributed by atoms with Gasteiger partial charge in [0.15, 0.2) is 0 Å². The Bertz CT molecular complexity index is 410. The third-order valence-electron chi connectivity index (χ3n) is 4.70. The van der Waals surface area contributed by atoms with E-state index in [2.05, 4.69) is 56.9 Å². The predicted octanol–water partition coefficient (Wildman–Crippen LogP) is 3.62. The van der Waals surface area contributed by atoms with Gasteiger partial charge in [0, 0.05) is 18.6 Å². The summed E-state index contributed by atoms with van der Waals surface area (Å²) in [7, 11) is 0. The zero-order valence-corrected chi connectivity index (χ0v) is 13.5. The number of hydrogen-bond donors (Lipinski definition) is 1. The van der Waals surface area contributed by atoms with Crippen molar-refractivity contribution in [2.24, 2.45) is 17.6 Å². The highest BCUT2D eigenvalue weighted by Crippen LogP contribution is 2.26. The Morgan fingerprint density at radius 1 is 1.20 bits per heavy atom. The summed E-state index contributed by atoms with van der Waals surface area (Å²) in [5, 5.41) is 0. The maximum atomic E-state index is 6.22. The first-order chi connectivity index (χ1) is 9.47. The van der Waals surface area contributed by atoms with Crippen molar-refractivity contribution in [1.82, 2.24) is 4.90 Å². The van der Waals surface area contributed by atoms with Crippen LogP contribution in [0.5, 0.6) is 0 Å². The van der Waals surface area contributed by atoms with E-state index in [1.54, 1.807) is 0 Å². The van der Waals surface area contributed by atoms with Crippen LogP contribution >= 0.6 is 0 Å². The van der Waals surface area contributed by atoms with Gasteiger partial charge in [-0.2, -0.15) is 0 Å². The van der Waals surface area contributed by atoms with Crippen LogP contribution in [0.25, 0.3) is 0 Å². The molecule has 3 unspecified atom stereocenters. The molecule has 1 saturated heterocycles. The number of rotatable bonds is 4. The first-order valence-corrected chi connectivity index (χ1v) is 8.06.